The molecular formula is C16H13NO4. The molecule has 0 spiro atoms. The molecule has 5 nitrogen and oxygen atoms in total. The van der Waals surface area contributed by atoms with Crippen LogP contribution in [0, 0.1) is 0 Å². The van der Waals surface area contributed by atoms with Gasteiger partial charge in [0, 0.05) is 16.8 Å². The summed E-state index contributed by atoms with van der Waals surface area (Å²) in [5, 5.41) is 11.4. The number of carboxylic acids is 1. The number of amides is 1. The van der Waals surface area contributed by atoms with Crippen LogP contribution in [-0.4, -0.2) is 22.8 Å². The number of anilines is 1. The summed E-state index contributed by atoms with van der Waals surface area (Å²) in [5.41, 5.74) is 1.61. The molecule has 0 saturated heterocycles. The van der Waals surface area contributed by atoms with Gasteiger partial charge in [0.1, 0.15) is 0 Å². The van der Waals surface area contributed by atoms with Gasteiger partial charge in [0.25, 0.3) is 5.91 Å². The highest BCUT2D eigenvalue weighted by molar-refractivity contribution is 6.05. The van der Waals surface area contributed by atoms with E-state index in [1.165, 1.54) is 31.2 Å². The molecule has 106 valence electrons. The fourth-order valence-corrected chi connectivity index (χ4v) is 1.76. The summed E-state index contributed by atoms with van der Waals surface area (Å²) < 4.78 is 0. The van der Waals surface area contributed by atoms with Gasteiger partial charge in [-0.05, 0) is 43.3 Å². The summed E-state index contributed by atoms with van der Waals surface area (Å²) in [5.74, 6) is -1.41. The molecule has 0 aliphatic heterocycles. The molecule has 2 N–H and O–H groups in total. The number of ketones is 1. The SMILES string of the molecule is CC(=O)c1ccc(C(=O)Nc2ccc(C(=O)O)cc2)cc1. The van der Waals surface area contributed by atoms with E-state index in [0.29, 0.717) is 16.8 Å². The molecule has 0 radical (unpaired) electrons. The maximum absolute atomic E-state index is 12.0. The monoisotopic (exact) mass is 283 g/mol. The first kappa shape index (κ1) is 14.5. The summed E-state index contributed by atoms with van der Waals surface area (Å²) in [6.07, 6.45) is 0. The van der Waals surface area contributed by atoms with Crippen LogP contribution in [0.25, 0.3) is 0 Å². The Kier molecular flexibility index (Phi) is 4.13. The van der Waals surface area contributed by atoms with Crippen LogP contribution >= 0.6 is 0 Å². The van der Waals surface area contributed by atoms with Crippen molar-refractivity contribution in [2.24, 2.45) is 0 Å². The van der Waals surface area contributed by atoms with Gasteiger partial charge in [-0.2, -0.15) is 0 Å². The van der Waals surface area contributed by atoms with Crippen LogP contribution in [0.2, 0.25) is 0 Å². The Labute approximate surface area is 121 Å². The second-order valence-electron chi connectivity index (χ2n) is 4.47. The summed E-state index contributed by atoms with van der Waals surface area (Å²) >= 11 is 0. The molecule has 0 aromatic heterocycles. The van der Waals surface area contributed by atoms with E-state index in [-0.39, 0.29) is 17.3 Å². The van der Waals surface area contributed by atoms with E-state index in [9.17, 15) is 14.4 Å². The fourth-order valence-electron chi connectivity index (χ4n) is 1.76. The van der Waals surface area contributed by atoms with Gasteiger partial charge in [-0.3, -0.25) is 9.59 Å². The van der Waals surface area contributed by atoms with E-state index in [1.807, 2.05) is 0 Å². The third-order valence-electron chi connectivity index (χ3n) is 2.94. The smallest absolute Gasteiger partial charge is 0.335 e. The van der Waals surface area contributed by atoms with Crippen molar-refractivity contribution < 1.29 is 19.5 Å². The maximum Gasteiger partial charge on any atom is 0.335 e. The second-order valence-corrected chi connectivity index (χ2v) is 4.47. The number of Topliss-reactive ketones (excluding diaryl/α,β-unsaturated/α-hetero) is 1. The Morgan fingerprint density at radius 1 is 0.810 bits per heavy atom. The van der Waals surface area contributed by atoms with E-state index in [4.69, 9.17) is 5.11 Å². The standard InChI is InChI=1S/C16H13NO4/c1-10(18)11-2-4-12(5-3-11)15(19)17-14-8-6-13(7-9-14)16(20)21/h2-9H,1H3,(H,17,19)(H,20,21). The van der Waals surface area contributed by atoms with E-state index >= 15 is 0 Å². The van der Waals surface area contributed by atoms with Crippen molar-refractivity contribution in [3.63, 3.8) is 0 Å². The maximum atomic E-state index is 12.0. The lowest BCUT2D eigenvalue weighted by molar-refractivity contribution is 0.0696. The fraction of sp³-hybridized carbons (Fsp3) is 0.0625. The van der Waals surface area contributed by atoms with Crippen LogP contribution in [0.15, 0.2) is 48.5 Å². The molecule has 0 saturated carbocycles. The van der Waals surface area contributed by atoms with Crippen LogP contribution in [-0.2, 0) is 0 Å². The van der Waals surface area contributed by atoms with Crippen molar-refractivity contribution in [3.05, 3.63) is 65.2 Å². The molecule has 5 heteroatoms. The Morgan fingerprint density at radius 3 is 1.76 bits per heavy atom. The van der Waals surface area contributed by atoms with Gasteiger partial charge in [0.2, 0.25) is 0 Å². The molecule has 0 bridgehead atoms. The van der Waals surface area contributed by atoms with E-state index in [2.05, 4.69) is 5.32 Å². The number of hydrogen-bond donors (Lipinski definition) is 2. The predicted molar refractivity (Wildman–Crippen MR) is 77.8 cm³/mol. The third-order valence-corrected chi connectivity index (χ3v) is 2.94. The Morgan fingerprint density at radius 2 is 1.29 bits per heavy atom. The zero-order valence-corrected chi connectivity index (χ0v) is 11.3. The van der Waals surface area contributed by atoms with Gasteiger partial charge < -0.3 is 10.4 Å². The molecule has 2 aromatic rings. The minimum Gasteiger partial charge on any atom is -0.478 e. The van der Waals surface area contributed by atoms with Crippen molar-refractivity contribution in [2.75, 3.05) is 5.32 Å². The first-order valence-corrected chi connectivity index (χ1v) is 6.23. The highest BCUT2D eigenvalue weighted by atomic mass is 16.4. The van der Waals surface area contributed by atoms with Crippen LogP contribution in [0.3, 0.4) is 0 Å². The van der Waals surface area contributed by atoms with Crippen LogP contribution in [0.1, 0.15) is 38.0 Å². The Balaban J connectivity index is 2.10. The lowest BCUT2D eigenvalue weighted by Crippen LogP contribution is -2.12. The molecular weight excluding hydrogens is 270 g/mol. The first-order valence-electron chi connectivity index (χ1n) is 6.23. The van der Waals surface area contributed by atoms with Gasteiger partial charge in [-0.15, -0.1) is 0 Å². The van der Waals surface area contributed by atoms with Crippen molar-refractivity contribution in [1.29, 1.82) is 0 Å². The number of carboxylic acid groups (broad SMARTS) is 1. The summed E-state index contributed by atoms with van der Waals surface area (Å²) in [7, 11) is 0. The second kappa shape index (κ2) is 6.00. The molecule has 0 atom stereocenters. The molecule has 0 fully saturated rings. The van der Waals surface area contributed by atoms with Gasteiger partial charge in [0.05, 0.1) is 5.56 Å². The third kappa shape index (κ3) is 3.54. The molecule has 0 heterocycles. The lowest BCUT2D eigenvalue weighted by atomic mass is 10.1. The lowest BCUT2D eigenvalue weighted by Gasteiger charge is -2.06. The molecule has 2 aromatic carbocycles. The van der Waals surface area contributed by atoms with Gasteiger partial charge in [0.15, 0.2) is 5.78 Å². The largest absolute Gasteiger partial charge is 0.478 e. The van der Waals surface area contributed by atoms with Gasteiger partial charge in [-0.1, -0.05) is 12.1 Å². The summed E-state index contributed by atoms with van der Waals surface area (Å²) in [6, 6.07) is 12.2. The average Bonchev–Trinajstić information content (AvgIpc) is 2.47. The number of carbonyl (C=O) groups is 3. The minimum absolute atomic E-state index is 0.0637. The van der Waals surface area contributed by atoms with Gasteiger partial charge in [-0.25, -0.2) is 4.79 Å². The van der Waals surface area contributed by atoms with E-state index < -0.39 is 5.97 Å². The molecule has 0 unspecified atom stereocenters. The highest BCUT2D eigenvalue weighted by Gasteiger charge is 2.08. The quantitative estimate of drug-likeness (QED) is 0.845. The predicted octanol–water partition coefficient (Wildman–Crippen LogP) is 2.84. The Bertz CT molecular complexity index is 687. The number of aromatic carboxylic acids is 1. The summed E-state index contributed by atoms with van der Waals surface area (Å²) in [4.78, 5) is 33.9. The zero-order valence-electron chi connectivity index (χ0n) is 11.3. The van der Waals surface area contributed by atoms with E-state index in [1.54, 1.807) is 24.3 Å². The summed E-state index contributed by atoms with van der Waals surface area (Å²) in [6.45, 7) is 1.46. The number of nitrogens with one attached hydrogen (secondary N) is 1. The van der Waals surface area contributed by atoms with Gasteiger partial charge >= 0.3 is 5.97 Å². The molecule has 2 rings (SSSR count). The zero-order chi connectivity index (χ0) is 15.4. The van der Waals surface area contributed by atoms with Crippen molar-refractivity contribution in [1.82, 2.24) is 0 Å². The highest BCUT2D eigenvalue weighted by Crippen LogP contribution is 2.12. The van der Waals surface area contributed by atoms with Crippen LogP contribution in [0.5, 0.6) is 0 Å². The molecule has 0 aliphatic carbocycles. The molecule has 1 amide bonds. The van der Waals surface area contributed by atoms with Crippen LogP contribution in [0.4, 0.5) is 5.69 Å². The molecule has 0 aliphatic rings. The first-order chi connectivity index (χ1) is 9.97. The normalized spacial score (nSPS) is 9.95. The number of hydrogen-bond acceptors (Lipinski definition) is 3. The van der Waals surface area contributed by atoms with Crippen molar-refractivity contribution >= 4 is 23.3 Å². The number of carbonyl (C=O) groups excluding carboxylic acids is 2. The van der Waals surface area contributed by atoms with Crippen molar-refractivity contribution in [3.8, 4) is 0 Å². The number of benzene rings is 2. The Hall–Kier alpha value is -2.95. The topological polar surface area (TPSA) is 83.5 Å². The van der Waals surface area contributed by atoms with Crippen LogP contribution < -0.4 is 5.32 Å². The average molecular weight is 283 g/mol. The number of rotatable bonds is 4. The van der Waals surface area contributed by atoms with Crippen molar-refractivity contribution in [2.45, 2.75) is 6.92 Å². The van der Waals surface area contributed by atoms with E-state index in [0.717, 1.165) is 0 Å². The molecule has 21 heavy (non-hydrogen) atoms. The minimum atomic E-state index is -1.02.